The summed E-state index contributed by atoms with van der Waals surface area (Å²) in [5.41, 5.74) is 19.4. The number of amides is 7. The Morgan fingerprint density at radius 3 is 1.52 bits per heavy atom. The van der Waals surface area contributed by atoms with Crippen LogP contribution in [0.2, 0.25) is 4.24 Å². The molecule has 26 heteroatoms. The zero-order chi connectivity index (χ0) is 69.5. The first-order valence-electron chi connectivity index (χ1n) is 28.9. The fourth-order valence-corrected chi connectivity index (χ4v) is 5.35. The molecule has 0 radical (unpaired) electrons. The van der Waals surface area contributed by atoms with E-state index in [2.05, 4.69) is 38.1 Å². The lowest BCUT2D eigenvalue weighted by Gasteiger charge is -2.28. The van der Waals surface area contributed by atoms with Gasteiger partial charge in [-0.3, -0.25) is 9.59 Å². The van der Waals surface area contributed by atoms with Gasteiger partial charge in [-0.2, -0.15) is 0 Å². The van der Waals surface area contributed by atoms with E-state index in [9.17, 15) is 38.7 Å². The first-order valence-corrected chi connectivity index (χ1v) is 25.7. The molecule has 0 saturated carbocycles. The van der Waals surface area contributed by atoms with Gasteiger partial charge in [0.15, 0.2) is 2.82 Å². The van der Waals surface area contributed by atoms with Gasteiger partial charge in [0.1, 0.15) is 20.4 Å². The lowest BCUT2D eigenvalue weighted by Crippen LogP contribution is -2.50. The average molecular weight is 1160 g/mol. The van der Waals surface area contributed by atoms with Crippen LogP contribution in [0, 0.1) is 17.2 Å². The number of rotatable bonds is 14. The van der Waals surface area contributed by atoms with Gasteiger partial charge in [-0.25, -0.2) is 33.8 Å². The van der Waals surface area contributed by atoms with Crippen LogP contribution in [0.3, 0.4) is 0 Å². The number of hydrogen-bond acceptors (Lipinski definition) is 18. The molecule has 2 aromatic rings. The first kappa shape index (κ1) is 69.5. The van der Waals surface area contributed by atoms with Crippen LogP contribution in [0.1, 0.15) is 94.1 Å². The van der Waals surface area contributed by atoms with Crippen molar-refractivity contribution < 1.29 is 74.6 Å². The summed E-state index contributed by atoms with van der Waals surface area (Å²) in [6.45, 7) is 25.4. The zero-order valence-electron chi connectivity index (χ0n) is 57.2. The molecule has 5 rings (SSSR count). The van der Waals surface area contributed by atoms with Crippen LogP contribution in [0.25, 0.3) is 2.86 Å². The third-order valence-corrected chi connectivity index (χ3v) is 10.4. The number of likely N-dealkylation sites (N-methyl/N-ethyl adjacent to an activating group) is 4. The molecule has 0 atom stereocenters. The molecule has 3 aliphatic rings. The highest BCUT2D eigenvalue weighted by atomic mass is 16.6. The highest BCUT2D eigenvalue weighted by Crippen LogP contribution is 2.16. The predicted octanol–water partition coefficient (Wildman–Crippen LogP) is 6.87. The Hall–Kier alpha value is -7.62. The van der Waals surface area contributed by atoms with E-state index in [-0.39, 0.29) is 42.8 Å². The van der Waals surface area contributed by atoms with E-state index in [1.165, 1.54) is 16.8 Å². The van der Waals surface area contributed by atoms with Crippen LogP contribution >= 0.6 is 0 Å². The monoisotopic (exact) mass is 1160 g/mol. The van der Waals surface area contributed by atoms with E-state index in [0.717, 1.165) is 36.2 Å². The van der Waals surface area contributed by atoms with Crippen molar-refractivity contribution in [3.8, 4) is 0 Å². The van der Waals surface area contributed by atoms with Crippen molar-refractivity contribution in [2.45, 2.75) is 101 Å². The van der Waals surface area contributed by atoms with Gasteiger partial charge in [0.2, 0.25) is 8.77 Å². The Balaban J connectivity index is -0.000000222. The molecule has 0 bridgehead atoms. The molecule has 7 amide bonds. The van der Waals surface area contributed by atoms with Gasteiger partial charge >= 0.3 is 30.4 Å². The minimum atomic E-state index is -1.51. The van der Waals surface area contributed by atoms with Crippen molar-refractivity contribution in [1.29, 1.82) is 9.70 Å². The average Bonchev–Trinajstić information content (AvgIpc) is 4.21. The molecule has 0 unspecified atom stereocenters. The van der Waals surface area contributed by atoms with Gasteiger partial charge < -0.3 is 89.0 Å². The highest BCUT2D eigenvalue weighted by Gasteiger charge is 2.39. The van der Waals surface area contributed by atoms with Gasteiger partial charge in [-0.05, 0) is 80.1 Å². The number of anilines is 2. The number of benzene rings is 2. The molecular weight excluding hydrogens is 1050 g/mol. The molecule has 81 heavy (non-hydrogen) atoms. The number of allylic oxidation sites excluding steroid dienone is 5. The summed E-state index contributed by atoms with van der Waals surface area (Å²) in [5, 5.41) is 30.9. The summed E-state index contributed by atoms with van der Waals surface area (Å²) in [5.74, 6) is 0.113. The topological polar surface area (TPSA) is 419 Å². The summed E-state index contributed by atoms with van der Waals surface area (Å²) in [7, 11) is 10.2. The molecule has 2 fully saturated rings. The Morgan fingerprint density at radius 2 is 1.20 bits per heavy atom. The van der Waals surface area contributed by atoms with E-state index in [0.29, 0.717) is 56.1 Å². The van der Waals surface area contributed by atoms with Gasteiger partial charge in [-0.15, -0.1) is 0 Å². The minimum absolute atomic E-state index is 0.0448. The Bertz CT molecular complexity index is 2240. The second-order valence-electron chi connectivity index (χ2n) is 17.6. The number of hydrogen-bond donors (Lipinski definition) is 10. The van der Waals surface area contributed by atoms with Crippen LogP contribution in [0.15, 0.2) is 85.0 Å². The fraction of sp³-hybridized carbons (Fsp3) is 0.527. The molecule has 0 spiro atoms. The van der Waals surface area contributed by atoms with E-state index >= 15 is 0 Å². The zero-order valence-corrected chi connectivity index (χ0v) is 50.2. The Labute approximate surface area is 490 Å². The first-order chi connectivity index (χ1) is 41.6. The minimum Gasteiger partial charge on any atom is -0.465 e. The quantitative estimate of drug-likeness (QED) is 0.0681. The number of Topliss-reactive ketones (excluding diaryl/α,β-unsaturated/α-hetero) is 1. The number of aliphatic hydroxyl groups is 2. The Kier molecular flexibility index (Phi) is 41.4. The molecule has 1 aliphatic carbocycles. The molecule has 2 heterocycles. The van der Waals surface area contributed by atoms with Crippen molar-refractivity contribution in [2.75, 3.05) is 92.6 Å². The number of nitrogen functional groups attached to an aromatic ring is 1. The molecular formula is C55H100N12O14. The number of nitrogens with one attached hydrogen (secondary N) is 2. The third-order valence-electron chi connectivity index (χ3n) is 10.4. The van der Waals surface area contributed by atoms with Crippen molar-refractivity contribution >= 4 is 59.2 Å². The van der Waals surface area contributed by atoms with Gasteiger partial charge in [0, 0.05) is 97.1 Å². The number of ketones is 1. The number of ether oxygens (including phenoxy) is 2. The molecule has 2 aliphatic heterocycles. The molecule has 464 valence electrons. The molecule has 17 N–H and O–H groups in total. The maximum Gasteiger partial charge on any atom is 0.407 e. The highest BCUT2D eigenvalue weighted by molar-refractivity contribution is 6.03. The standard InChI is InChI=1S/C12H16N2O3.C9H17NO3.C8H10N2O2.C7H7N.C5H12N2O2.C5H10N2O.C5H11NO2.2C2H6.H3N.H2O/c1-8(2)11(15)14-10-5-3-9(4-6-10)7-17-12(13)16;1-7(2)8(11)5-4-6-10(3)9(12)13;9-7-3-1-6(2-4-7)5-12-8(10)11;1-6-2-4-7(8)5-3-6;1-6-3-4-7(2)5(6,8)9;1-6-3-4-7(2)5(6)8;1-3-4-6(2)5(7)8;2*1-2;;/h3-6,8H,7H2,1-2H3,(H2,13,16)(H,14,15);7H,4-6H2,1-3H3,(H,12,13);1-4H,5,9H2,(H2,10,11);2-5,8H,1H2;8-9H,3-4H2,1-2H3;3-4H2,1-2H3;3-4H2,1-2H3,(H,7,8);2*1-2H3;1H3;1H2/i;;;;8D;;;;;;/hD6. The van der Waals surface area contributed by atoms with Crippen molar-refractivity contribution in [1.82, 2.24) is 35.5 Å². The van der Waals surface area contributed by atoms with Crippen molar-refractivity contribution in [2.24, 2.45) is 23.3 Å². The van der Waals surface area contributed by atoms with Crippen LogP contribution in [0.4, 0.5) is 35.3 Å². The number of carbonyl (C=O) groups is 7. The van der Waals surface area contributed by atoms with Crippen LogP contribution in [-0.2, 0) is 32.3 Å². The number of primary amides is 2. The number of nitrogens with zero attached hydrogens (tertiary/aromatic N) is 6. The second-order valence-corrected chi connectivity index (χ2v) is 17.6. The van der Waals surface area contributed by atoms with Gasteiger partial charge in [0.25, 0.3) is 8.90 Å². The van der Waals surface area contributed by atoms with E-state index in [1.54, 1.807) is 113 Å². The maximum atomic E-state index is 11.4. The molecule has 0 aromatic heterocycles. The van der Waals surface area contributed by atoms with Crippen molar-refractivity contribution in [3.63, 3.8) is 0 Å². The summed E-state index contributed by atoms with van der Waals surface area (Å²) in [4.78, 5) is 85.0. The van der Waals surface area contributed by atoms with Crippen LogP contribution in [-0.4, -0.2) is 192 Å². The van der Waals surface area contributed by atoms with E-state index < -0.39 is 30.4 Å². The predicted molar refractivity (Wildman–Crippen MR) is 320 cm³/mol. The number of urea groups is 1. The summed E-state index contributed by atoms with van der Waals surface area (Å²) >= 11 is 0. The lowest BCUT2D eigenvalue weighted by atomic mass is 10.0. The molecule has 2 saturated heterocycles. The van der Waals surface area contributed by atoms with Crippen molar-refractivity contribution in [3.05, 3.63) is 96.1 Å². The normalized spacial score (nSPS) is 14.0. The SMILES string of the molecule is C=C1C=CC(=N)C=C1.CC.CC.CN1CCN(C)C1=O.[2H]N.[2H]NC(=O)OCc1ccc(N)cc1.[2H]NC(=O)OCc1ccc(NC(=O)C(C)C)cc1.[2H]O.[2H]OC(=O)N(C)CCC.[2H]OC(=O)N(C)CCCC(=O)C(C)C.[2H]OC1(O)N(C)CCN1C. The summed E-state index contributed by atoms with van der Waals surface area (Å²) < 4.78 is 51.6. The largest absolute Gasteiger partial charge is 0.465 e. The fourth-order valence-electron chi connectivity index (χ4n) is 5.35. The maximum absolute atomic E-state index is 11.4. The third kappa shape index (κ3) is 42.9. The van der Waals surface area contributed by atoms with Gasteiger partial charge in [-0.1, -0.05) is 105 Å². The van der Waals surface area contributed by atoms with E-state index in [4.69, 9.17) is 31.3 Å². The molecule has 26 nitrogen and oxygen atoms in total. The number of carbonyl (C=O) groups excluding carboxylic acids is 5. The number of carboxylic acid groups (broad SMARTS) is 2. The smallest absolute Gasteiger partial charge is 0.407 e. The van der Waals surface area contributed by atoms with Crippen LogP contribution < -0.4 is 28.6 Å². The summed E-state index contributed by atoms with van der Waals surface area (Å²) in [6, 6.07) is 12.5. The lowest BCUT2D eigenvalue weighted by molar-refractivity contribution is -0.306. The van der Waals surface area contributed by atoms with Gasteiger partial charge in [0.05, 0.1) is 5.71 Å². The number of nitrogens with two attached hydrogens (primary N) is 3. The molecule has 2 aromatic carbocycles. The second kappa shape index (κ2) is 48.3. The Morgan fingerprint density at radius 1 is 0.778 bits per heavy atom. The summed E-state index contributed by atoms with van der Waals surface area (Å²) in [6.07, 6.45) is 9.94. The van der Waals surface area contributed by atoms with E-state index in [1.807, 2.05) is 88.6 Å². The van der Waals surface area contributed by atoms with Crippen LogP contribution in [0.5, 0.6) is 0 Å².